The van der Waals surface area contributed by atoms with Gasteiger partial charge in [-0.1, -0.05) is 0 Å². The molecule has 0 aromatic carbocycles. The number of aromatic nitrogens is 2. The summed E-state index contributed by atoms with van der Waals surface area (Å²) in [4.78, 5) is 17.0. The Morgan fingerprint density at radius 2 is 2.05 bits per heavy atom. The van der Waals surface area contributed by atoms with Crippen LogP contribution in [0.2, 0.25) is 0 Å². The van der Waals surface area contributed by atoms with Crippen LogP contribution >= 0.6 is 0 Å². The molecule has 2 N–H and O–H groups in total. The minimum Gasteiger partial charge on any atom is -0.337 e. The molecule has 0 atom stereocenters. The quantitative estimate of drug-likeness (QED) is 0.879. The molecule has 1 amide bonds. The van der Waals surface area contributed by atoms with Gasteiger partial charge in [-0.3, -0.25) is 4.79 Å². The molecule has 1 aromatic rings. The molecule has 6 nitrogen and oxygen atoms in total. The van der Waals surface area contributed by atoms with E-state index in [0.29, 0.717) is 11.3 Å². The molecule has 1 fully saturated rings. The fourth-order valence-corrected chi connectivity index (χ4v) is 2.65. The molecule has 116 valence electrons. The number of nitrogens with zero attached hydrogens (tertiary/aromatic N) is 4. The molecule has 0 bridgehead atoms. The van der Waals surface area contributed by atoms with E-state index in [2.05, 4.69) is 15.1 Å². The van der Waals surface area contributed by atoms with Crippen molar-refractivity contribution < 1.29 is 4.79 Å². The Balaban J connectivity index is 2.01. The number of carbonyl (C=O) groups excluding carboxylic acids is 1. The predicted molar refractivity (Wildman–Crippen MR) is 82.1 cm³/mol. The Morgan fingerprint density at radius 1 is 1.24 bits per heavy atom. The molecular formula is C15H25N5O. The number of aryl methyl sites for hydroxylation is 2. The highest BCUT2D eigenvalue weighted by atomic mass is 16.2. The van der Waals surface area contributed by atoms with Crippen LogP contribution in [0.4, 0.5) is 0 Å². The number of nitrogens with two attached hydrogens (primary N) is 1. The van der Waals surface area contributed by atoms with Crippen LogP contribution in [0.5, 0.6) is 0 Å². The normalized spacial score (nSPS) is 16.8. The van der Waals surface area contributed by atoms with E-state index in [9.17, 15) is 4.79 Å². The van der Waals surface area contributed by atoms with Crippen molar-refractivity contribution >= 4 is 5.91 Å². The zero-order chi connectivity index (χ0) is 15.2. The minimum atomic E-state index is 0.0752. The van der Waals surface area contributed by atoms with Crippen molar-refractivity contribution in [3.63, 3.8) is 0 Å². The third-order valence-electron chi connectivity index (χ3n) is 3.89. The van der Waals surface area contributed by atoms with Gasteiger partial charge >= 0.3 is 0 Å². The fraction of sp³-hybridized carbons (Fsp3) is 0.667. The van der Waals surface area contributed by atoms with E-state index < -0.39 is 0 Å². The van der Waals surface area contributed by atoms with Gasteiger partial charge in [-0.2, -0.15) is 10.2 Å². The second-order valence-corrected chi connectivity index (χ2v) is 5.61. The number of hydrogen-bond donors (Lipinski definition) is 1. The lowest BCUT2D eigenvalue weighted by atomic mass is 10.1. The molecule has 1 saturated heterocycles. The molecule has 2 heterocycles. The fourth-order valence-electron chi connectivity index (χ4n) is 2.65. The van der Waals surface area contributed by atoms with Crippen LogP contribution in [0.15, 0.2) is 6.07 Å². The van der Waals surface area contributed by atoms with Crippen LogP contribution in [-0.2, 0) is 0 Å². The van der Waals surface area contributed by atoms with Crippen LogP contribution in [-0.4, -0.2) is 65.2 Å². The second-order valence-electron chi connectivity index (χ2n) is 5.61. The maximum absolute atomic E-state index is 12.7. The first-order valence-electron chi connectivity index (χ1n) is 7.64. The van der Waals surface area contributed by atoms with Crippen LogP contribution in [0.25, 0.3) is 0 Å². The third kappa shape index (κ3) is 4.22. The Kier molecular flexibility index (Phi) is 5.64. The molecule has 0 spiro atoms. The van der Waals surface area contributed by atoms with E-state index in [1.807, 2.05) is 24.8 Å². The van der Waals surface area contributed by atoms with Crippen LogP contribution in [0, 0.1) is 13.8 Å². The average molecular weight is 291 g/mol. The van der Waals surface area contributed by atoms with Crippen molar-refractivity contribution in [1.29, 1.82) is 0 Å². The van der Waals surface area contributed by atoms with E-state index in [1.54, 1.807) is 0 Å². The molecule has 1 aromatic heterocycles. The zero-order valence-corrected chi connectivity index (χ0v) is 13.0. The maximum atomic E-state index is 12.7. The van der Waals surface area contributed by atoms with Crippen molar-refractivity contribution in [2.75, 3.05) is 39.3 Å². The smallest absolute Gasteiger partial charge is 0.255 e. The van der Waals surface area contributed by atoms with Gasteiger partial charge in [0.2, 0.25) is 0 Å². The van der Waals surface area contributed by atoms with Crippen molar-refractivity contribution in [1.82, 2.24) is 20.0 Å². The monoisotopic (exact) mass is 291 g/mol. The lowest BCUT2D eigenvalue weighted by Crippen LogP contribution is -2.36. The predicted octanol–water partition coefficient (Wildman–Crippen LogP) is 0.590. The lowest BCUT2D eigenvalue weighted by molar-refractivity contribution is 0.0760. The molecule has 0 unspecified atom stereocenters. The van der Waals surface area contributed by atoms with E-state index in [1.165, 1.54) is 0 Å². The van der Waals surface area contributed by atoms with Gasteiger partial charge in [-0.25, -0.2) is 0 Å². The van der Waals surface area contributed by atoms with E-state index in [0.717, 1.165) is 57.8 Å². The van der Waals surface area contributed by atoms with E-state index in [-0.39, 0.29) is 5.91 Å². The van der Waals surface area contributed by atoms with Gasteiger partial charge in [0.25, 0.3) is 5.91 Å². The topological polar surface area (TPSA) is 75.4 Å². The summed E-state index contributed by atoms with van der Waals surface area (Å²) in [5.41, 5.74) is 7.73. The van der Waals surface area contributed by atoms with Crippen LogP contribution < -0.4 is 5.73 Å². The Morgan fingerprint density at radius 3 is 2.81 bits per heavy atom. The maximum Gasteiger partial charge on any atom is 0.255 e. The molecule has 1 aliphatic rings. The van der Waals surface area contributed by atoms with Crippen molar-refractivity contribution in [3.8, 4) is 0 Å². The number of rotatable bonds is 4. The van der Waals surface area contributed by atoms with Crippen molar-refractivity contribution in [2.45, 2.75) is 26.7 Å². The summed E-state index contributed by atoms with van der Waals surface area (Å²) in [6.07, 6.45) is 2.02. The number of hydrogen-bond acceptors (Lipinski definition) is 5. The largest absolute Gasteiger partial charge is 0.337 e. The molecule has 21 heavy (non-hydrogen) atoms. The van der Waals surface area contributed by atoms with Crippen LogP contribution in [0.3, 0.4) is 0 Å². The van der Waals surface area contributed by atoms with Gasteiger partial charge in [-0.15, -0.1) is 0 Å². The first kappa shape index (κ1) is 15.9. The molecule has 6 heteroatoms. The molecular weight excluding hydrogens is 266 g/mol. The van der Waals surface area contributed by atoms with Gasteiger partial charge < -0.3 is 15.5 Å². The summed E-state index contributed by atoms with van der Waals surface area (Å²) >= 11 is 0. The molecule has 1 aliphatic heterocycles. The molecule has 2 rings (SSSR count). The van der Waals surface area contributed by atoms with E-state index >= 15 is 0 Å². The van der Waals surface area contributed by atoms with Gasteiger partial charge in [0.05, 0.1) is 17.0 Å². The van der Waals surface area contributed by atoms with Gasteiger partial charge in [0, 0.05) is 19.6 Å². The van der Waals surface area contributed by atoms with Crippen LogP contribution in [0.1, 0.15) is 34.6 Å². The summed E-state index contributed by atoms with van der Waals surface area (Å²) in [5.74, 6) is 0.0752. The van der Waals surface area contributed by atoms with Crippen molar-refractivity contribution in [3.05, 3.63) is 23.0 Å². The Bertz CT molecular complexity index is 491. The Labute approximate surface area is 126 Å². The van der Waals surface area contributed by atoms with Crippen molar-refractivity contribution in [2.24, 2.45) is 5.73 Å². The Hall–Kier alpha value is -1.53. The first-order valence-corrected chi connectivity index (χ1v) is 7.64. The molecule has 0 saturated carbocycles. The standard InChI is InChI=1S/C15H25N5O/c1-12-11-14(13(2)18-17-12)15(21)20-8-4-7-19(9-10-20)6-3-5-16/h11H,3-10,16H2,1-2H3. The average Bonchev–Trinajstić information content (AvgIpc) is 2.72. The summed E-state index contributed by atoms with van der Waals surface area (Å²) in [7, 11) is 0. The van der Waals surface area contributed by atoms with Gasteiger partial charge in [-0.05, 0) is 52.4 Å². The second kappa shape index (κ2) is 7.47. The molecule has 0 aliphatic carbocycles. The summed E-state index contributed by atoms with van der Waals surface area (Å²) in [5, 5.41) is 8.04. The van der Waals surface area contributed by atoms with Gasteiger partial charge in [0.15, 0.2) is 0 Å². The minimum absolute atomic E-state index is 0.0752. The highest BCUT2D eigenvalue weighted by Crippen LogP contribution is 2.12. The summed E-state index contributed by atoms with van der Waals surface area (Å²) < 4.78 is 0. The summed E-state index contributed by atoms with van der Waals surface area (Å²) in [6, 6.07) is 1.84. The highest BCUT2D eigenvalue weighted by molar-refractivity contribution is 5.95. The SMILES string of the molecule is Cc1cc(C(=O)N2CCCN(CCCN)CC2)c(C)nn1. The highest BCUT2D eigenvalue weighted by Gasteiger charge is 2.22. The zero-order valence-electron chi connectivity index (χ0n) is 13.0. The third-order valence-corrected chi connectivity index (χ3v) is 3.89. The lowest BCUT2D eigenvalue weighted by Gasteiger charge is -2.22. The number of amides is 1. The first-order chi connectivity index (χ1) is 10.1. The summed E-state index contributed by atoms with van der Waals surface area (Å²) in [6.45, 7) is 8.97. The van der Waals surface area contributed by atoms with E-state index in [4.69, 9.17) is 5.73 Å². The number of carbonyl (C=O) groups is 1. The molecule has 0 radical (unpaired) electrons. The van der Waals surface area contributed by atoms with Gasteiger partial charge in [0.1, 0.15) is 0 Å².